The number of rotatable bonds is 8. The fourth-order valence-electron chi connectivity index (χ4n) is 2.45. The van der Waals surface area contributed by atoms with Gasteiger partial charge in [0.15, 0.2) is 18.2 Å². The maximum atomic E-state index is 13.6. The smallest absolute Gasteiger partial charge is 0.331 e. The Morgan fingerprint density at radius 2 is 1.87 bits per heavy atom. The third-order valence-electron chi connectivity index (χ3n) is 4.26. The highest BCUT2D eigenvalue weighted by Crippen LogP contribution is 2.18. The molecule has 2 amide bonds. The predicted octanol–water partition coefficient (Wildman–Crippen LogP) is 2.76. The highest BCUT2D eigenvalue weighted by atomic mass is 19.1. The van der Waals surface area contributed by atoms with E-state index in [0.717, 1.165) is 17.2 Å². The number of halogens is 1. The molecule has 0 aliphatic heterocycles. The van der Waals surface area contributed by atoms with Gasteiger partial charge in [0.25, 0.3) is 5.91 Å². The number of amides is 2. The second-order valence-electron chi connectivity index (χ2n) is 6.41. The SMILES string of the molecule is COc1ccc(/C=C/C(=O)OCC(=O)NCC(=O)Nc2cccc(C)c2C)cc1F. The van der Waals surface area contributed by atoms with Gasteiger partial charge in [-0.25, -0.2) is 9.18 Å². The Morgan fingerprint density at radius 1 is 1.10 bits per heavy atom. The first kappa shape index (κ1) is 22.6. The van der Waals surface area contributed by atoms with Gasteiger partial charge < -0.3 is 20.1 Å². The Labute approximate surface area is 173 Å². The van der Waals surface area contributed by atoms with Crippen LogP contribution in [-0.2, 0) is 19.1 Å². The number of benzene rings is 2. The molecule has 158 valence electrons. The third kappa shape index (κ3) is 6.73. The minimum absolute atomic E-state index is 0.0907. The summed E-state index contributed by atoms with van der Waals surface area (Å²) in [6, 6.07) is 9.71. The van der Waals surface area contributed by atoms with Crippen LogP contribution in [0, 0.1) is 19.7 Å². The summed E-state index contributed by atoms with van der Waals surface area (Å²) < 4.78 is 23.2. The van der Waals surface area contributed by atoms with Gasteiger partial charge >= 0.3 is 5.97 Å². The number of ether oxygens (including phenoxy) is 2. The molecule has 8 heteroatoms. The first-order chi connectivity index (χ1) is 14.3. The maximum Gasteiger partial charge on any atom is 0.331 e. The van der Waals surface area contributed by atoms with Crippen LogP contribution in [0.5, 0.6) is 5.75 Å². The molecule has 2 N–H and O–H groups in total. The van der Waals surface area contributed by atoms with E-state index in [2.05, 4.69) is 10.6 Å². The second-order valence-corrected chi connectivity index (χ2v) is 6.41. The van der Waals surface area contributed by atoms with Crippen molar-refractivity contribution in [3.63, 3.8) is 0 Å². The van der Waals surface area contributed by atoms with Crippen LogP contribution in [-0.4, -0.2) is 38.0 Å². The summed E-state index contributed by atoms with van der Waals surface area (Å²) in [6.45, 7) is 3.01. The van der Waals surface area contributed by atoms with E-state index < -0.39 is 30.2 Å². The summed E-state index contributed by atoms with van der Waals surface area (Å²) >= 11 is 0. The second kappa shape index (κ2) is 10.8. The molecular weight excluding hydrogens is 391 g/mol. The molecule has 7 nitrogen and oxygen atoms in total. The molecule has 0 radical (unpaired) electrons. The van der Waals surface area contributed by atoms with Crippen LogP contribution in [0.4, 0.5) is 10.1 Å². The minimum atomic E-state index is -0.777. The van der Waals surface area contributed by atoms with Gasteiger partial charge in [-0.05, 0) is 54.8 Å². The molecule has 0 unspecified atom stereocenters. The number of aryl methyl sites for hydroxylation is 1. The average Bonchev–Trinajstić information content (AvgIpc) is 2.72. The van der Waals surface area contributed by atoms with Crippen molar-refractivity contribution in [2.75, 3.05) is 25.6 Å². The van der Waals surface area contributed by atoms with Crippen LogP contribution in [0.15, 0.2) is 42.5 Å². The van der Waals surface area contributed by atoms with E-state index in [9.17, 15) is 18.8 Å². The van der Waals surface area contributed by atoms with Gasteiger partial charge in [0.05, 0.1) is 13.7 Å². The van der Waals surface area contributed by atoms with Crippen molar-refractivity contribution >= 4 is 29.5 Å². The molecular formula is C22H23FN2O5. The molecule has 2 aromatic carbocycles. The summed E-state index contributed by atoms with van der Waals surface area (Å²) in [6.07, 6.45) is 2.42. The summed E-state index contributed by atoms with van der Waals surface area (Å²) in [5.74, 6) is -2.27. The molecule has 0 spiro atoms. The monoisotopic (exact) mass is 414 g/mol. The van der Waals surface area contributed by atoms with Crippen molar-refractivity contribution in [3.05, 3.63) is 65.0 Å². The summed E-state index contributed by atoms with van der Waals surface area (Å²) in [7, 11) is 1.35. The van der Waals surface area contributed by atoms with Crippen molar-refractivity contribution in [1.82, 2.24) is 5.32 Å². The lowest BCUT2D eigenvalue weighted by Crippen LogP contribution is -2.35. The molecule has 0 saturated carbocycles. The summed E-state index contributed by atoms with van der Waals surface area (Å²) in [5.41, 5.74) is 3.07. The van der Waals surface area contributed by atoms with E-state index in [-0.39, 0.29) is 12.3 Å². The van der Waals surface area contributed by atoms with Gasteiger partial charge in [0, 0.05) is 11.8 Å². The number of hydrogen-bond acceptors (Lipinski definition) is 5. The van der Waals surface area contributed by atoms with Gasteiger partial charge in [-0.2, -0.15) is 0 Å². The average molecular weight is 414 g/mol. The Balaban J connectivity index is 1.74. The predicted molar refractivity (Wildman–Crippen MR) is 111 cm³/mol. The summed E-state index contributed by atoms with van der Waals surface area (Å²) in [5, 5.41) is 5.08. The first-order valence-electron chi connectivity index (χ1n) is 9.11. The number of nitrogens with one attached hydrogen (secondary N) is 2. The summed E-state index contributed by atoms with van der Waals surface area (Å²) in [4.78, 5) is 35.4. The van der Waals surface area contributed by atoms with Crippen LogP contribution in [0.25, 0.3) is 6.08 Å². The van der Waals surface area contributed by atoms with Crippen molar-refractivity contribution in [1.29, 1.82) is 0 Å². The lowest BCUT2D eigenvalue weighted by molar-refractivity contribution is -0.143. The molecule has 2 aromatic rings. The standard InChI is InChI=1S/C22H23FN2O5/c1-14-5-4-6-18(15(14)2)25-20(26)12-24-21(27)13-30-22(28)10-8-16-7-9-19(29-3)17(23)11-16/h4-11H,12-13H2,1-3H3,(H,24,27)(H,25,26)/b10-8+. The van der Waals surface area contributed by atoms with Gasteiger partial charge in [-0.1, -0.05) is 18.2 Å². The third-order valence-corrected chi connectivity index (χ3v) is 4.26. The maximum absolute atomic E-state index is 13.6. The lowest BCUT2D eigenvalue weighted by Gasteiger charge is -2.11. The van der Waals surface area contributed by atoms with Gasteiger partial charge in [-0.3, -0.25) is 9.59 Å². The normalized spacial score (nSPS) is 10.5. The zero-order valence-electron chi connectivity index (χ0n) is 17.0. The number of carbonyl (C=O) groups is 3. The highest BCUT2D eigenvalue weighted by molar-refractivity contribution is 5.95. The largest absolute Gasteiger partial charge is 0.494 e. The van der Waals surface area contributed by atoms with E-state index in [1.54, 1.807) is 12.1 Å². The van der Waals surface area contributed by atoms with E-state index in [4.69, 9.17) is 9.47 Å². The topological polar surface area (TPSA) is 93.7 Å². The van der Waals surface area contributed by atoms with Crippen LogP contribution in [0.1, 0.15) is 16.7 Å². The van der Waals surface area contributed by atoms with E-state index in [1.165, 1.54) is 25.3 Å². The molecule has 0 heterocycles. The molecule has 2 rings (SSSR count). The molecule has 0 aliphatic carbocycles. The van der Waals surface area contributed by atoms with Gasteiger partial charge in [0.1, 0.15) is 0 Å². The molecule has 0 atom stereocenters. The number of hydrogen-bond donors (Lipinski definition) is 2. The fraction of sp³-hybridized carbons (Fsp3) is 0.227. The quantitative estimate of drug-likeness (QED) is 0.512. The van der Waals surface area contributed by atoms with E-state index in [0.29, 0.717) is 11.3 Å². The minimum Gasteiger partial charge on any atom is -0.494 e. The van der Waals surface area contributed by atoms with Crippen LogP contribution in [0.3, 0.4) is 0 Å². The molecule has 0 aliphatic rings. The van der Waals surface area contributed by atoms with Crippen LogP contribution < -0.4 is 15.4 Å². The van der Waals surface area contributed by atoms with Crippen LogP contribution in [0.2, 0.25) is 0 Å². The molecule has 0 saturated heterocycles. The van der Waals surface area contributed by atoms with Crippen LogP contribution >= 0.6 is 0 Å². The molecule has 0 bridgehead atoms. The van der Waals surface area contributed by atoms with Crippen molar-refractivity contribution in [3.8, 4) is 5.75 Å². The van der Waals surface area contributed by atoms with Gasteiger partial charge in [-0.15, -0.1) is 0 Å². The molecule has 0 fully saturated rings. The fourth-order valence-corrected chi connectivity index (χ4v) is 2.45. The van der Waals surface area contributed by atoms with Crippen molar-refractivity contribution in [2.45, 2.75) is 13.8 Å². The van der Waals surface area contributed by atoms with Crippen molar-refractivity contribution < 1.29 is 28.2 Å². The highest BCUT2D eigenvalue weighted by Gasteiger charge is 2.10. The Hall–Kier alpha value is -3.68. The number of esters is 1. The van der Waals surface area contributed by atoms with Crippen molar-refractivity contribution in [2.24, 2.45) is 0 Å². The number of anilines is 1. The zero-order chi connectivity index (χ0) is 22.1. The Bertz CT molecular complexity index is 972. The zero-order valence-corrected chi connectivity index (χ0v) is 17.0. The Kier molecular flexibility index (Phi) is 8.10. The number of carbonyl (C=O) groups excluding carboxylic acids is 3. The first-order valence-corrected chi connectivity index (χ1v) is 9.11. The number of methoxy groups -OCH3 is 1. The molecule has 0 aromatic heterocycles. The molecule has 30 heavy (non-hydrogen) atoms. The van der Waals surface area contributed by atoms with E-state index in [1.807, 2.05) is 26.0 Å². The van der Waals surface area contributed by atoms with Gasteiger partial charge in [0.2, 0.25) is 5.91 Å². The van der Waals surface area contributed by atoms with E-state index >= 15 is 0 Å². The Morgan fingerprint density at radius 3 is 2.57 bits per heavy atom. The lowest BCUT2D eigenvalue weighted by atomic mass is 10.1.